The van der Waals surface area contributed by atoms with E-state index in [9.17, 15) is 4.79 Å². The monoisotopic (exact) mass is 313 g/mol. The van der Waals surface area contributed by atoms with Crippen LogP contribution in [0.4, 0.5) is 0 Å². The van der Waals surface area contributed by atoms with Crippen molar-refractivity contribution < 1.29 is 4.79 Å². The van der Waals surface area contributed by atoms with E-state index in [0.29, 0.717) is 11.7 Å². The molecule has 1 saturated carbocycles. The van der Waals surface area contributed by atoms with Crippen molar-refractivity contribution in [1.29, 1.82) is 0 Å². The number of amides is 1. The van der Waals surface area contributed by atoms with Crippen LogP contribution >= 0.6 is 0 Å². The third-order valence-electron chi connectivity index (χ3n) is 4.40. The number of nitrogens with zero attached hydrogens (tertiary/aromatic N) is 4. The van der Waals surface area contributed by atoms with Gasteiger partial charge in [0.15, 0.2) is 6.04 Å². The molecule has 6 heteroatoms. The first-order valence-electron chi connectivity index (χ1n) is 8.28. The van der Waals surface area contributed by atoms with Crippen LogP contribution in [0.15, 0.2) is 30.3 Å². The van der Waals surface area contributed by atoms with E-state index in [-0.39, 0.29) is 11.8 Å². The highest BCUT2D eigenvalue weighted by molar-refractivity contribution is 5.80. The van der Waals surface area contributed by atoms with E-state index in [2.05, 4.69) is 20.7 Å². The summed E-state index contributed by atoms with van der Waals surface area (Å²) in [4.78, 5) is 14.0. The number of tetrazole rings is 1. The Hall–Kier alpha value is -2.24. The van der Waals surface area contributed by atoms with E-state index in [1.54, 1.807) is 0 Å². The number of hydrogen-bond donors (Lipinski definition) is 1. The van der Waals surface area contributed by atoms with Crippen molar-refractivity contribution in [2.75, 3.05) is 6.54 Å². The minimum atomic E-state index is -0.431. The van der Waals surface area contributed by atoms with Crippen molar-refractivity contribution in [3.63, 3.8) is 0 Å². The van der Waals surface area contributed by atoms with Gasteiger partial charge >= 0.3 is 0 Å². The van der Waals surface area contributed by atoms with Gasteiger partial charge in [0.2, 0.25) is 11.7 Å². The third kappa shape index (κ3) is 3.57. The average molecular weight is 313 g/mol. The fourth-order valence-corrected chi connectivity index (χ4v) is 2.77. The van der Waals surface area contributed by atoms with Gasteiger partial charge in [-0.05, 0) is 29.9 Å². The van der Waals surface area contributed by atoms with Crippen LogP contribution in [-0.2, 0) is 4.79 Å². The van der Waals surface area contributed by atoms with Crippen molar-refractivity contribution in [3.8, 4) is 11.4 Å². The predicted octanol–water partition coefficient (Wildman–Crippen LogP) is 2.45. The number of carbonyl (C=O) groups is 1. The van der Waals surface area contributed by atoms with Gasteiger partial charge in [0.05, 0.1) is 0 Å². The molecule has 0 aliphatic heterocycles. The molecule has 1 aromatic carbocycles. The minimum absolute atomic E-state index is 0.0242. The maximum Gasteiger partial charge on any atom is 0.247 e. The molecule has 0 spiro atoms. The summed E-state index contributed by atoms with van der Waals surface area (Å²) in [6.07, 6.45) is 3.71. The second-order valence-corrected chi connectivity index (χ2v) is 6.53. The number of hydrogen-bond acceptors (Lipinski definition) is 4. The topological polar surface area (TPSA) is 72.7 Å². The van der Waals surface area contributed by atoms with Gasteiger partial charge in [-0.1, -0.05) is 50.6 Å². The van der Waals surface area contributed by atoms with Crippen molar-refractivity contribution in [2.45, 2.75) is 39.2 Å². The largest absolute Gasteiger partial charge is 0.354 e. The minimum Gasteiger partial charge on any atom is -0.354 e. The van der Waals surface area contributed by atoms with Gasteiger partial charge < -0.3 is 5.32 Å². The number of nitrogens with one attached hydrogen (secondary N) is 1. The van der Waals surface area contributed by atoms with E-state index >= 15 is 0 Å². The maximum absolute atomic E-state index is 12.5. The van der Waals surface area contributed by atoms with Crippen LogP contribution in [0, 0.1) is 11.8 Å². The Morgan fingerprint density at radius 2 is 2.04 bits per heavy atom. The summed E-state index contributed by atoms with van der Waals surface area (Å²) in [6, 6.07) is 9.24. The predicted molar refractivity (Wildman–Crippen MR) is 87.5 cm³/mol. The molecule has 122 valence electrons. The lowest BCUT2D eigenvalue weighted by Crippen LogP contribution is -2.40. The number of aromatic nitrogens is 4. The lowest BCUT2D eigenvalue weighted by Gasteiger charge is -2.27. The first kappa shape index (κ1) is 15.6. The van der Waals surface area contributed by atoms with E-state index < -0.39 is 6.04 Å². The van der Waals surface area contributed by atoms with E-state index in [1.807, 2.05) is 44.2 Å². The average Bonchev–Trinajstić information content (AvgIpc) is 2.96. The zero-order valence-electron chi connectivity index (χ0n) is 13.6. The maximum atomic E-state index is 12.5. The smallest absolute Gasteiger partial charge is 0.247 e. The van der Waals surface area contributed by atoms with Gasteiger partial charge in [-0.15, -0.1) is 10.2 Å². The van der Waals surface area contributed by atoms with Crippen LogP contribution < -0.4 is 5.32 Å². The summed E-state index contributed by atoms with van der Waals surface area (Å²) in [5.41, 5.74) is 0.899. The fourth-order valence-electron chi connectivity index (χ4n) is 2.77. The fraction of sp³-hybridized carbons (Fsp3) is 0.529. The van der Waals surface area contributed by atoms with Crippen LogP contribution in [0.1, 0.15) is 39.2 Å². The highest BCUT2D eigenvalue weighted by Crippen LogP contribution is 2.25. The summed E-state index contributed by atoms with van der Waals surface area (Å²) in [5, 5.41) is 15.7. The molecule has 1 fully saturated rings. The molecule has 1 N–H and O–H groups in total. The Balaban J connectivity index is 1.73. The van der Waals surface area contributed by atoms with Crippen molar-refractivity contribution in [2.24, 2.45) is 11.8 Å². The van der Waals surface area contributed by atoms with Gasteiger partial charge in [0, 0.05) is 12.1 Å². The molecule has 1 aliphatic rings. The normalized spacial score (nSPS) is 16.1. The summed E-state index contributed by atoms with van der Waals surface area (Å²) < 4.78 is 0. The lowest BCUT2D eigenvalue weighted by molar-refractivity contribution is -0.126. The molecule has 0 bridgehead atoms. The first-order chi connectivity index (χ1) is 11.1. The molecular formula is C17H23N5O. The second kappa shape index (κ2) is 6.89. The van der Waals surface area contributed by atoms with Crippen LogP contribution in [0.3, 0.4) is 0 Å². The lowest BCUT2D eigenvalue weighted by atomic mass is 9.85. The zero-order valence-corrected chi connectivity index (χ0v) is 13.6. The Bertz CT molecular complexity index is 648. The molecule has 0 radical (unpaired) electrons. The molecule has 6 nitrogen and oxygen atoms in total. The summed E-state index contributed by atoms with van der Waals surface area (Å²) in [6.45, 7) is 4.75. The molecule has 1 aliphatic carbocycles. The molecule has 23 heavy (non-hydrogen) atoms. The van der Waals surface area contributed by atoms with E-state index in [4.69, 9.17) is 0 Å². The zero-order chi connectivity index (χ0) is 16.2. The molecule has 1 heterocycles. The summed E-state index contributed by atoms with van der Waals surface area (Å²) in [5.74, 6) is 1.25. The van der Waals surface area contributed by atoms with Crippen LogP contribution in [0.25, 0.3) is 11.4 Å². The molecule has 1 unspecified atom stereocenters. The van der Waals surface area contributed by atoms with Crippen molar-refractivity contribution >= 4 is 5.91 Å². The molecule has 1 aromatic heterocycles. The Kier molecular flexibility index (Phi) is 4.69. The van der Waals surface area contributed by atoms with Gasteiger partial charge in [0.25, 0.3) is 0 Å². The molecule has 0 saturated heterocycles. The van der Waals surface area contributed by atoms with Gasteiger partial charge in [-0.2, -0.15) is 4.80 Å². The standard InChI is InChI=1S/C17H23N5O/c1-12(2)15(17(23)18-11-13-7-6-8-13)22-20-16(19-21-22)14-9-4-3-5-10-14/h3-5,9-10,12-13,15H,6-8,11H2,1-2H3,(H,18,23). The number of benzene rings is 1. The summed E-state index contributed by atoms with van der Waals surface area (Å²) >= 11 is 0. The SMILES string of the molecule is CC(C)C(C(=O)NCC1CCC1)n1nnc(-c2ccccc2)n1. The van der Waals surface area contributed by atoms with Crippen LogP contribution in [0.2, 0.25) is 0 Å². The second-order valence-electron chi connectivity index (χ2n) is 6.53. The van der Waals surface area contributed by atoms with Crippen LogP contribution in [0.5, 0.6) is 0 Å². The quantitative estimate of drug-likeness (QED) is 0.889. The van der Waals surface area contributed by atoms with E-state index in [1.165, 1.54) is 24.1 Å². The first-order valence-corrected chi connectivity index (χ1v) is 8.28. The Morgan fingerprint density at radius 1 is 1.30 bits per heavy atom. The highest BCUT2D eigenvalue weighted by Gasteiger charge is 2.28. The number of rotatable bonds is 6. The Morgan fingerprint density at radius 3 is 2.65 bits per heavy atom. The van der Waals surface area contributed by atoms with Crippen molar-refractivity contribution in [3.05, 3.63) is 30.3 Å². The van der Waals surface area contributed by atoms with Gasteiger partial charge in [-0.3, -0.25) is 4.79 Å². The van der Waals surface area contributed by atoms with Crippen LogP contribution in [-0.4, -0.2) is 32.7 Å². The summed E-state index contributed by atoms with van der Waals surface area (Å²) in [7, 11) is 0. The number of carbonyl (C=O) groups excluding carboxylic acids is 1. The molecule has 1 atom stereocenters. The molecule has 1 amide bonds. The highest BCUT2D eigenvalue weighted by atomic mass is 16.2. The molecule has 2 aromatic rings. The third-order valence-corrected chi connectivity index (χ3v) is 4.40. The van der Waals surface area contributed by atoms with Gasteiger partial charge in [-0.25, -0.2) is 0 Å². The Labute approximate surface area is 136 Å². The molecule has 3 rings (SSSR count). The molecular weight excluding hydrogens is 290 g/mol. The van der Waals surface area contributed by atoms with Crippen molar-refractivity contribution in [1.82, 2.24) is 25.5 Å². The van der Waals surface area contributed by atoms with Gasteiger partial charge in [0.1, 0.15) is 0 Å². The van der Waals surface area contributed by atoms with E-state index in [0.717, 1.165) is 12.1 Å².